The van der Waals surface area contributed by atoms with Gasteiger partial charge in [0.15, 0.2) is 0 Å². The van der Waals surface area contributed by atoms with E-state index in [2.05, 4.69) is 59.0 Å². The van der Waals surface area contributed by atoms with E-state index in [1.165, 1.54) is 38.0 Å². The summed E-state index contributed by atoms with van der Waals surface area (Å²) >= 11 is 0. The minimum absolute atomic E-state index is 1.17. The quantitative estimate of drug-likeness (QED) is 0.862. The molecule has 3 heteroatoms. The van der Waals surface area contributed by atoms with E-state index in [4.69, 9.17) is 0 Å². The van der Waals surface area contributed by atoms with Gasteiger partial charge in [0.25, 0.3) is 0 Å². The van der Waals surface area contributed by atoms with Gasteiger partial charge in [-0.2, -0.15) is 0 Å². The molecule has 1 N–H and O–H groups in total. The molecule has 19 heavy (non-hydrogen) atoms. The fourth-order valence-electron chi connectivity index (χ4n) is 1.91. The molecule has 1 aromatic carbocycles. The Morgan fingerprint density at radius 1 is 1.11 bits per heavy atom. The van der Waals surface area contributed by atoms with Crippen molar-refractivity contribution >= 4 is 0 Å². The molecule has 0 atom stereocenters. The first-order valence-electron chi connectivity index (χ1n) is 7.05. The number of aryl methyl sites for hydroxylation is 1. The third-order valence-corrected chi connectivity index (χ3v) is 3.08. The first-order valence-corrected chi connectivity index (χ1v) is 7.05. The molecule has 0 saturated carbocycles. The molecule has 0 aliphatic carbocycles. The molecule has 1 aromatic heterocycles. The summed E-state index contributed by atoms with van der Waals surface area (Å²) in [6.07, 6.45) is 7.56. The van der Waals surface area contributed by atoms with Crippen LogP contribution in [0, 0.1) is 0 Å². The fourth-order valence-corrected chi connectivity index (χ4v) is 1.91. The van der Waals surface area contributed by atoms with Gasteiger partial charge in [-0.25, -0.2) is 4.98 Å². The Morgan fingerprint density at radius 2 is 1.84 bits per heavy atom. The Bertz CT molecular complexity index is 362. The summed E-state index contributed by atoms with van der Waals surface area (Å²) in [6, 6.07) is 10.7. The number of aromatic amines is 1. The molecule has 2 aromatic rings. The van der Waals surface area contributed by atoms with Crippen molar-refractivity contribution in [1.29, 1.82) is 0 Å². The summed E-state index contributed by atoms with van der Waals surface area (Å²) in [6.45, 7) is 8.02. The zero-order valence-electron chi connectivity index (χ0n) is 12.0. The molecule has 2 rings (SSSR count). The van der Waals surface area contributed by atoms with Crippen LogP contribution in [0.5, 0.6) is 0 Å². The van der Waals surface area contributed by atoms with Gasteiger partial charge in [0, 0.05) is 12.4 Å². The van der Waals surface area contributed by atoms with E-state index < -0.39 is 0 Å². The van der Waals surface area contributed by atoms with Gasteiger partial charge >= 0.3 is 0 Å². The number of imidazole rings is 1. The SMILES string of the molecule is CCN(CC)CCCc1ccccc1.c1c[nH]cn1. The Kier molecular flexibility index (Phi) is 8.39. The van der Waals surface area contributed by atoms with E-state index in [1.807, 2.05) is 0 Å². The number of H-pyrrole nitrogens is 1. The van der Waals surface area contributed by atoms with E-state index in [1.54, 1.807) is 18.7 Å². The third-order valence-electron chi connectivity index (χ3n) is 3.08. The molecule has 0 fully saturated rings. The van der Waals surface area contributed by atoms with Crippen molar-refractivity contribution in [3.8, 4) is 0 Å². The maximum Gasteiger partial charge on any atom is 0.0919 e. The maximum absolute atomic E-state index is 3.67. The summed E-state index contributed by atoms with van der Waals surface area (Å²) in [4.78, 5) is 8.89. The third kappa shape index (κ3) is 7.42. The van der Waals surface area contributed by atoms with E-state index in [-0.39, 0.29) is 0 Å². The van der Waals surface area contributed by atoms with Crippen LogP contribution in [0.2, 0.25) is 0 Å². The lowest BCUT2D eigenvalue weighted by atomic mass is 10.1. The van der Waals surface area contributed by atoms with Gasteiger partial charge in [0.2, 0.25) is 0 Å². The molecule has 0 saturated heterocycles. The van der Waals surface area contributed by atoms with Gasteiger partial charge < -0.3 is 9.88 Å². The topological polar surface area (TPSA) is 31.9 Å². The molecule has 0 aliphatic heterocycles. The summed E-state index contributed by atoms with van der Waals surface area (Å²) in [7, 11) is 0. The summed E-state index contributed by atoms with van der Waals surface area (Å²) in [5.74, 6) is 0. The van der Waals surface area contributed by atoms with Crippen LogP contribution in [0.3, 0.4) is 0 Å². The zero-order valence-corrected chi connectivity index (χ0v) is 12.0. The van der Waals surface area contributed by atoms with Crippen LogP contribution in [-0.4, -0.2) is 34.5 Å². The van der Waals surface area contributed by atoms with Crippen molar-refractivity contribution in [2.24, 2.45) is 0 Å². The van der Waals surface area contributed by atoms with E-state index >= 15 is 0 Å². The molecule has 0 amide bonds. The van der Waals surface area contributed by atoms with Gasteiger partial charge in [-0.15, -0.1) is 0 Å². The minimum atomic E-state index is 1.17. The van der Waals surface area contributed by atoms with Gasteiger partial charge in [-0.3, -0.25) is 0 Å². The van der Waals surface area contributed by atoms with Crippen LogP contribution in [0.25, 0.3) is 0 Å². The highest BCUT2D eigenvalue weighted by molar-refractivity contribution is 5.14. The Hall–Kier alpha value is -1.61. The average Bonchev–Trinajstić information content (AvgIpc) is 3.04. The zero-order chi connectivity index (χ0) is 13.8. The van der Waals surface area contributed by atoms with Crippen LogP contribution < -0.4 is 0 Å². The van der Waals surface area contributed by atoms with Crippen molar-refractivity contribution < 1.29 is 0 Å². The standard InChI is InChI=1S/C13H21N.C3H4N2/c1-3-14(4-2)12-8-11-13-9-6-5-7-10-13;1-2-5-3-4-1/h5-7,9-10H,3-4,8,11-12H2,1-2H3;1-3H,(H,4,5). The lowest BCUT2D eigenvalue weighted by Crippen LogP contribution is -2.24. The van der Waals surface area contributed by atoms with Gasteiger partial charge in [0.05, 0.1) is 6.33 Å². The van der Waals surface area contributed by atoms with Crippen LogP contribution in [0.15, 0.2) is 49.1 Å². The van der Waals surface area contributed by atoms with Crippen molar-refractivity contribution in [3.63, 3.8) is 0 Å². The van der Waals surface area contributed by atoms with Crippen LogP contribution in [0.4, 0.5) is 0 Å². The number of hydrogen-bond acceptors (Lipinski definition) is 2. The molecule has 0 aliphatic rings. The van der Waals surface area contributed by atoms with Crippen LogP contribution in [0.1, 0.15) is 25.8 Å². The van der Waals surface area contributed by atoms with Crippen LogP contribution in [-0.2, 0) is 6.42 Å². The molecule has 0 bridgehead atoms. The van der Waals surface area contributed by atoms with E-state index in [0.717, 1.165) is 0 Å². The molecular formula is C16H25N3. The smallest absolute Gasteiger partial charge is 0.0919 e. The lowest BCUT2D eigenvalue weighted by molar-refractivity contribution is 0.300. The highest BCUT2D eigenvalue weighted by Crippen LogP contribution is 2.03. The van der Waals surface area contributed by atoms with E-state index in [0.29, 0.717) is 0 Å². The molecule has 3 nitrogen and oxygen atoms in total. The number of hydrogen-bond donors (Lipinski definition) is 1. The van der Waals surface area contributed by atoms with Crippen molar-refractivity contribution in [2.45, 2.75) is 26.7 Å². The highest BCUT2D eigenvalue weighted by atomic mass is 15.1. The second-order valence-electron chi connectivity index (χ2n) is 4.38. The first kappa shape index (κ1) is 15.4. The molecule has 104 valence electrons. The number of rotatable bonds is 6. The molecule has 1 heterocycles. The molecule has 0 radical (unpaired) electrons. The van der Waals surface area contributed by atoms with Crippen molar-refractivity contribution in [3.05, 3.63) is 54.6 Å². The maximum atomic E-state index is 3.67. The lowest BCUT2D eigenvalue weighted by Gasteiger charge is -2.17. The Labute approximate surface area is 116 Å². The van der Waals surface area contributed by atoms with E-state index in [9.17, 15) is 0 Å². The van der Waals surface area contributed by atoms with Crippen LogP contribution >= 0.6 is 0 Å². The minimum Gasteiger partial charge on any atom is -0.351 e. The summed E-state index contributed by atoms with van der Waals surface area (Å²) in [5.41, 5.74) is 1.46. The normalized spacial score (nSPS) is 10.1. The monoisotopic (exact) mass is 259 g/mol. The number of aromatic nitrogens is 2. The van der Waals surface area contributed by atoms with Crippen molar-refractivity contribution in [2.75, 3.05) is 19.6 Å². The predicted molar refractivity (Wildman–Crippen MR) is 81.1 cm³/mol. The highest BCUT2D eigenvalue weighted by Gasteiger charge is 1.98. The second-order valence-corrected chi connectivity index (χ2v) is 4.38. The summed E-state index contributed by atoms with van der Waals surface area (Å²) in [5, 5.41) is 0. The van der Waals surface area contributed by atoms with Gasteiger partial charge in [0.1, 0.15) is 0 Å². The second kappa shape index (κ2) is 10.3. The predicted octanol–water partition coefficient (Wildman–Crippen LogP) is 3.37. The number of benzene rings is 1. The Morgan fingerprint density at radius 3 is 2.32 bits per heavy atom. The molecule has 0 spiro atoms. The van der Waals surface area contributed by atoms with Gasteiger partial charge in [-0.1, -0.05) is 44.2 Å². The summed E-state index contributed by atoms with van der Waals surface area (Å²) < 4.78 is 0. The van der Waals surface area contributed by atoms with Crippen molar-refractivity contribution in [1.82, 2.24) is 14.9 Å². The average molecular weight is 259 g/mol. The molecular weight excluding hydrogens is 234 g/mol. The molecule has 0 unspecified atom stereocenters. The fraction of sp³-hybridized carbons (Fsp3) is 0.438. The van der Waals surface area contributed by atoms with Gasteiger partial charge in [-0.05, 0) is 38.0 Å². The Balaban J connectivity index is 0.000000300. The largest absolute Gasteiger partial charge is 0.351 e. The number of nitrogens with zero attached hydrogens (tertiary/aromatic N) is 2. The first-order chi connectivity index (χ1) is 9.36. The number of nitrogens with one attached hydrogen (secondary N) is 1.